The van der Waals surface area contributed by atoms with Gasteiger partial charge >= 0.3 is 0 Å². The molecule has 0 atom stereocenters. The molecule has 142 valence electrons. The number of hydrazone groups is 1. The standard InChI is InChI=1S/C20H22N2O5/c1-5-10-27-16-9-7-6-8-14(16)13-21-22-20(23)15-11-17(24-2)19(26-4)18(12-15)25-3/h5-9,11-13H,1,10H2,2-4H3,(H,22,23)/b21-13+. The molecule has 2 rings (SSSR count). The molecular formula is C20H22N2O5. The molecule has 0 saturated heterocycles. The predicted octanol–water partition coefficient (Wildman–Crippen LogP) is 3.04. The summed E-state index contributed by atoms with van der Waals surface area (Å²) in [5.41, 5.74) is 3.52. The fraction of sp³-hybridized carbons (Fsp3) is 0.200. The first-order chi connectivity index (χ1) is 13.1. The summed E-state index contributed by atoms with van der Waals surface area (Å²) in [6.45, 7) is 4.00. The van der Waals surface area contributed by atoms with Crippen molar-refractivity contribution in [3.8, 4) is 23.0 Å². The van der Waals surface area contributed by atoms with Crippen LogP contribution in [0.2, 0.25) is 0 Å². The Bertz CT molecular complexity index is 808. The minimum absolute atomic E-state index is 0.317. The van der Waals surface area contributed by atoms with E-state index >= 15 is 0 Å². The maximum atomic E-state index is 12.4. The lowest BCUT2D eigenvalue weighted by atomic mass is 10.1. The molecule has 1 N–H and O–H groups in total. The Kier molecular flexibility index (Phi) is 7.25. The molecule has 0 aliphatic heterocycles. The third-order valence-electron chi connectivity index (χ3n) is 3.57. The van der Waals surface area contributed by atoms with E-state index in [-0.39, 0.29) is 0 Å². The lowest BCUT2D eigenvalue weighted by Crippen LogP contribution is -2.18. The number of carbonyl (C=O) groups is 1. The van der Waals surface area contributed by atoms with E-state index in [4.69, 9.17) is 18.9 Å². The number of nitrogens with zero attached hydrogens (tertiary/aromatic N) is 1. The van der Waals surface area contributed by atoms with Crippen LogP contribution in [0.15, 0.2) is 54.2 Å². The zero-order chi connectivity index (χ0) is 19.6. The summed E-state index contributed by atoms with van der Waals surface area (Å²) in [7, 11) is 4.46. The van der Waals surface area contributed by atoms with E-state index in [9.17, 15) is 4.79 Å². The van der Waals surface area contributed by atoms with Crippen molar-refractivity contribution in [1.82, 2.24) is 5.43 Å². The molecule has 2 aromatic carbocycles. The SMILES string of the molecule is C=CCOc1ccccc1/C=N/NC(=O)c1cc(OC)c(OC)c(OC)c1. The number of para-hydroxylation sites is 1. The molecule has 0 saturated carbocycles. The van der Waals surface area contributed by atoms with Gasteiger partial charge in [-0.05, 0) is 24.3 Å². The Hall–Kier alpha value is -3.48. The molecule has 0 spiro atoms. The van der Waals surface area contributed by atoms with Gasteiger partial charge in [-0.1, -0.05) is 24.8 Å². The van der Waals surface area contributed by atoms with Crippen LogP contribution in [0, 0.1) is 0 Å². The second-order valence-electron chi connectivity index (χ2n) is 5.25. The Morgan fingerprint density at radius 3 is 2.33 bits per heavy atom. The summed E-state index contributed by atoms with van der Waals surface area (Å²) in [5.74, 6) is 1.40. The highest BCUT2D eigenvalue weighted by Crippen LogP contribution is 2.38. The molecule has 27 heavy (non-hydrogen) atoms. The highest BCUT2D eigenvalue weighted by molar-refractivity contribution is 5.96. The van der Waals surface area contributed by atoms with E-state index in [1.54, 1.807) is 18.2 Å². The van der Waals surface area contributed by atoms with E-state index in [1.807, 2.05) is 24.3 Å². The zero-order valence-electron chi connectivity index (χ0n) is 15.5. The summed E-state index contributed by atoms with van der Waals surface area (Å²) < 4.78 is 21.3. The molecule has 0 aliphatic carbocycles. The van der Waals surface area contributed by atoms with E-state index in [1.165, 1.54) is 27.5 Å². The van der Waals surface area contributed by atoms with Crippen molar-refractivity contribution >= 4 is 12.1 Å². The van der Waals surface area contributed by atoms with E-state index in [0.29, 0.717) is 35.2 Å². The quantitative estimate of drug-likeness (QED) is 0.417. The van der Waals surface area contributed by atoms with Crippen molar-refractivity contribution < 1.29 is 23.7 Å². The number of amides is 1. The summed E-state index contributed by atoms with van der Waals surface area (Å²) in [6.07, 6.45) is 3.16. The van der Waals surface area contributed by atoms with Crippen LogP contribution in [-0.2, 0) is 0 Å². The average Bonchev–Trinajstić information content (AvgIpc) is 2.71. The van der Waals surface area contributed by atoms with Crippen LogP contribution >= 0.6 is 0 Å². The largest absolute Gasteiger partial charge is 0.493 e. The normalized spacial score (nSPS) is 10.3. The Morgan fingerprint density at radius 1 is 1.07 bits per heavy atom. The van der Waals surface area contributed by atoms with Crippen LogP contribution in [0.1, 0.15) is 15.9 Å². The van der Waals surface area contributed by atoms with Gasteiger partial charge in [-0.2, -0.15) is 5.10 Å². The van der Waals surface area contributed by atoms with Gasteiger partial charge in [-0.3, -0.25) is 4.79 Å². The summed E-state index contributed by atoms with van der Waals surface area (Å²) in [6, 6.07) is 10.4. The number of rotatable bonds is 9. The maximum Gasteiger partial charge on any atom is 0.271 e. The van der Waals surface area contributed by atoms with Crippen LogP contribution in [0.25, 0.3) is 0 Å². The summed E-state index contributed by atoms with van der Waals surface area (Å²) >= 11 is 0. The fourth-order valence-electron chi connectivity index (χ4n) is 2.30. The number of hydrogen-bond acceptors (Lipinski definition) is 6. The number of benzene rings is 2. The number of methoxy groups -OCH3 is 3. The van der Waals surface area contributed by atoms with Crippen molar-refractivity contribution in [3.63, 3.8) is 0 Å². The van der Waals surface area contributed by atoms with Gasteiger partial charge in [0.25, 0.3) is 5.91 Å². The first-order valence-corrected chi connectivity index (χ1v) is 8.10. The smallest absolute Gasteiger partial charge is 0.271 e. The minimum atomic E-state index is -0.421. The summed E-state index contributed by atoms with van der Waals surface area (Å²) in [5, 5.41) is 4.00. The van der Waals surface area contributed by atoms with Gasteiger partial charge in [0.1, 0.15) is 12.4 Å². The van der Waals surface area contributed by atoms with E-state index in [2.05, 4.69) is 17.1 Å². The van der Waals surface area contributed by atoms with Gasteiger partial charge in [-0.15, -0.1) is 0 Å². The van der Waals surface area contributed by atoms with Gasteiger partial charge in [0.15, 0.2) is 11.5 Å². The summed E-state index contributed by atoms with van der Waals surface area (Å²) in [4.78, 5) is 12.4. The second kappa shape index (κ2) is 9.86. The third-order valence-corrected chi connectivity index (χ3v) is 3.57. The highest BCUT2D eigenvalue weighted by atomic mass is 16.5. The van der Waals surface area contributed by atoms with Crippen LogP contribution in [0.3, 0.4) is 0 Å². The molecule has 0 aliphatic rings. The maximum absolute atomic E-state index is 12.4. The van der Waals surface area contributed by atoms with Crippen molar-refractivity contribution in [3.05, 3.63) is 60.2 Å². The van der Waals surface area contributed by atoms with E-state index in [0.717, 1.165) is 5.56 Å². The van der Waals surface area contributed by atoms with Gasteiger partial charge < -0.3 is 18.9 Å². The molecule has 0 fully saturated rings. The molecule has 2 aromatic rings. The van der Waals surface area contributed by atoms with Crippen molar-refractivity contribution in [2.45, 2.75) is 0 Å². The molecular weight excluding hydrogens is 348 g/mol. The number of ether oxygens (including phenoxy) is 4. The molecule has 0 radical (unpaired) electrons. The average molecular weight is 370 g/mol. The van der Waals surface area contributed by atoms with Crippen LogP contribution in [0.5, 0.6) is 23.0 Å². The van der Waals surface area contributed by atoms with Crippen molar-refractivity contribution in [2.24, 2.45) is 5.10 Å². The van der Waals surface area contributed by atoms with Gasteiger partial charge in [0.2, 0.25) is 5.75 Å². The second-order valence-corrected chi connectivity index (χ2v) is 5.25. The molecule has 0 heterocycles. The van der Waals surface area contributed by atoms with Crippen molar-refractivity contribution in [1.29, 1.82) is 0 Å². The molecule has 0 bridgehead atoms. The first-order valence-electron chi connectivity index (χ1n) is 8.10. The Balaban J connectivity index is 2.16. The minimum Gasteiger partial charge on any atom is -0.493 e. The van der Waals surface area contributed by atoms with Crippen molar-refractivity contribution in [2.75, 3.05) is 27.9 Å². The molecule has 1 amide bonds. The molecule has 7 nitrogen and oxygen atoms in total. The van der Waals surface area contributed by atoms with Gasteiger partial charge in [0.05, 0.1) is 27.5 Å². The third kappa shape index (κ3) is 5.01. The van der Waals surface area contributed by atoms with Gasteiger partial charge in [0, 0.05) is 11.1 Å². The zero-order valence-corrected chi connectivity index (χ0v) is 15.5. The molecule has 0 aromatic heterocycles. The monoisotopic (exact) mass is 370 g/mol. The Morgan fingerprint density at radius 2 is 1.74 bits per heavy atom. The molecule has 7 heteroatoms. The number of nitrogens with one attached hydrogen (secondary N) is 1. The topological polar surface area (TPSA) is 78.4 Å². The van der Waals surface area contributed by atoms with Crippen LogP contribution in [0.4, 0.5) is 0 Å². The fourth-order valence-corrected chi connectivity index (χ4v) is 2.30. The predicted molar refractivity (Wildman–Crippen MR) is 103 cm³/mol. The highest BCUT2D eigenvalue weighted by Gasteiger charge is 2.16. The lowest BCUT2D eigenvalue weighted by molar-refractivity contribution is 0.0954. The number of carbonyl (C=O) groups excluding carboxylic acids is 1. The van der Waals surface area contributed by atoms with Crippen LogP contribution < -0.4 is 24.4 Å². The number of hydrogen-bond donors (Lipinski definition) is 1. The first kappa shape index (κ1) is 19.8. The van der Waals surface area contributed by atoms with Gasteiger partial charge in [-0.25, -0.2) is 5.43 Å². The van der Waals surface area contributed by atoms with E-state index < -0.39 is 5.91 Å². The lowest BCUT2D eigenvalue weighted by Gasteiger charge is -2.13. The van der Waals surface area contributed by atoms with Crippen LogP contribution in [-0.4, -0.2) is 40.1 Å². The Labute approximate surface area is 158 Å². The molecule has 0 unspecified atom stereocenters.